The van der Waals surface area contributed by atoms with Crippen LogP contribution in [0.1, 0.15) is 43.4 Å². The van der Waals surface area contributed by atoms with Crippen molar-refractivity contribution in [1.29, 1.82) is 0 Å². The van der Waals surface area contributed by atoms with Gasteiger partial charge in [0.2, 0.25) is 0 Å². The van der Waals surface area contributed by atoms with E-state index in [-0.39, 0.29) is 16.6 Å². The van der Waals surface area contributed by atoms with Gasteiger partial charge in [0.15, 0.2) is 5.82 Å². The fraction of sp³-hybridized carbons (Fsp3) is 0.278. The standard InChI is InChI=1S/C36H36ClFN4O3S2/c1-24-5-4-7-26(17-24)27-9-10-33(45-34-21-32(38)35(20-31(34)37)47(43,44)42-36-22-46-23-41-36)30(19-27)28-13-16-40-29(18-28)8-3-2-6-25-11-14-39-15-12-25/h4-5,7,9-10,13,16-23,25,39,42H,2-3,6,8,11-12,14-15H2,1H3. The highest BCUT2D eigenvalue weighted by Crippen LogP contribution is 2.40. The minimum absolute atomic E-state index is 0.00600. The third-order valence-corrected chi connectivity index (χ3v) is 10.6. The van der Waals surface area contributed by atoms with Gasteiger partial charge in [-0.05, 0) is 98.6 Å². The van der Waals surface area contributed by atoms with Crippen LogP contribution in [0, 0.1) is 18.7 Å². The third kappa shape index (κ3) is 8.37. The van der Waals surface area contributed by atoms with E-state index in [0.29, 0.717) is 5.75 Å². The molecular weight excluding hydrogens is 655 g/mol. The van der Waals surface area contributed by atoms with Gasteiger partial charge in [-0.2, -0.15) is 0 Å². The predicted octanol–water partition coefficient (Wildman–Crippen LogP) is 9.28. The molecule has 0 bridgehead atoms. The van der Waals surface area contributed by atoms with Gasteiger partial charge in [0, 0.05) is 28.9 Å². The fourth-order valence-corrected chi connectivity index (χ4v) is 7.82. The van der Waals surface area contributed by atoms with Crippen LogP contribution in [0.25, 0.3) is 22.3 Å². The molecule has 3 aromatic carbocycles. The number of aryl methyl sites for hydroxylation is 2. The first-order valence-corrected chi connectivity index (χ1v) is 18.5. The Morgan fingerprint density at radius 2 is 1.81 bits per heavy atom. The summed E-state index contributed by atoms with van der Waals surface area (Å²) >= 11 is 7.74. The average molecular weight is 691 g/mol. The van der Waals surface area contributed by atoms with E-state index in [0.717, 1.165) is 77.5 Å². The van der Waals surface area contributed by atoms with Crippen LogP contribution in [0.3, 0.4) is 0 Å². The monoisotopic (exact) mass is 690 g/mol. The van der Waals surface area contributed by atoms with Gasteiger partial charge in [0.05, 0.1) is 10.5 Å². The number of hydrogen-bond donors (Lipinski definition) is 2. The van der Waals surface area contributed by atoms with Crippen molar-refractivity contribution in [3.8, 4) is 33.8 Å². The van der Waals surface area contributed by atoms with E-state index in [1.807, 2.05) is 36.5 Å². The molecule has 0 saturated carbocycles. The number of piperidine rings is 1. The second-order valence-corrected chi connectivity index (χ2v) is 14.6. The maximum atomic E-state index is 15.3. The number of halogens is 2. The molecule has 3 heterocycles. The third-order valence-electron chi connectivity index (χ3n) is 8.38. The summed E-state index contributed by atoms with van der Waals surface area (Å²) in [5.74, 6) is 0.346. The van der Waals surface area contributed by atoms with Crippen LogP contribution in [-0.2, 0) is 16.4 Å². The number of sulfonamides is 1. The summed E-state index contributed by atoms with van der Waals surface area (Å²) in [7, 11) is -4.27. The van der Waals surface area contributed by atoms with Crippen LogP contribution < -0.4 is 14.8 Å². The Hall–Kier alpha value is -3.83. The summed E-state index contributed by atoms with van der Waals surface area (Å²) < 4.78 is 49.6. The molecule has 0 radical (unpaired) electrons. The highest BCUT2D eigenvalue weighted by Gasteiger charge is 2.24. The molecule has 244 valence electrons. The molecule has 0 unspecified atom stereocenters. The zero-order valence-electron chi connectivity index (χ0n) is 26.0. The molecule has 1 saturated heterocycles. The zero-order valence-corrected chi connectivity index (χ0v) is 28.4. The minimum atomic E-state index is -4.27. The van der Waals surface area contributed by atoms with Crippen LogP contribution >= 0.6 is 22.9 Å². The van der Waals surface area contributed by atoms with E-state index in [1.54, 1.807) is 0 Å². The first kappa shape index (κ1) is 33.1. The molecule has 1 aliphatic rings. The number of aromatic nitrogens is 2. The van der Waals surface area contributed by atoms with E-state index in [2.05, 4.69) is 51.2 Å². The van der Waals surface area contributed by atoms with Crippen molar-refractivity contribution in [1.82, 2.24) is 15.3 Å². The summed E-state index contributed by atoms with van der Waals surface area (Å²) in [5, 5.41) is 4.89. The molecule has 2 aromatic heterocycles. The smallest absolute Gasteiger partial charge is 0.266 e. The topological polar surface area (TPSA) is 93.2 Å². The molecule has 1 aliphatic heterocycles. The van der Waals surface area contributed by atoms with E-state index in [4.69, 9.17) is 16.3 Å². The molecule has 11 heteroatoms. The van der Waals surface area contributed by atoms with Crippen LogP contribution in [0.4, 0.5) is 10.2 Å². The van der Waals surface area contributed by atoms with Gasteiger partial charge in [-0.3, -0.25) is 9.71 Å². The lowest BCUT2D eigenvalue weighted by molar-refractivity contribution is 0.344. The number of hydrogen-bond acceptors (Lipinski definition) is 7. The summed E-state index contributed by atoms with van der Waals surface area (Å²) in [6, 6.07) is 20.1. The van der Waals surface area contributed by atoms with Crippen LogP contribution in [0.5, 0.6) is 11.5 Å². The summed E-state index contributed by atoms with van der Waals surface area (Å²) in [5.41, 5.74) is 7.33. The highest BCUT2D eigenvalue weighted by atomic mass is 35.5. The molecule has 47 heavy (non-hydrogen) atoms. The van der Waals surface area contributed by atoms with Crippen molar-refractivity contribution in [2.75, 3.05) is 17.8 Å². The second kappa shape index (κ2) is 14.9. The molecule has 0 aliphatic carbocycles. The van der Waals surface area contributed by atoms with E-state index in [9.17, 15) is 8.42 Å². The number of thiazole rings is 1. The largest absolute Gasteiger partial charge is 0.455 e. The first-order valence-electron chi connectivity index (χ1n) is 15.7. The normalized spacial score (nSPS) is 13.9. The van der Waals surface area contributed by atoms with Crippen molar-refractivity contribution in [2.45, 2.75) is 50.3 Å². The Morgan fingerprint density at radius 1 is 0.979 bits per heavy atom. The maximum Gasteiger partial charge on any atom is 0.266 e. The molecule has 7 nitrogen and oxygen atoms in total. The van der Waals surface area contributed by atoms with E-state index < -0.39 is 20.7 Å². The Bertz CT molecular complexity index is 1950. The highest BCUT2D eigenvalue weighted by molar-refractivity contribution is 7.92. The average Bonchev–Trinajstić information content (AvgIpc) is 3.58. The Morgan fingerprint density at radius 3 is 2.60 bits per heavy atom. The number of benzene rings is 3. The van der Waals surface area contributed by atoms with Crippen molar-refractivity contribution in [3.05, 3.63) is 106 Å². The van der Waals surface area contributed by atoms with Gasteiger partial charge in [0.25, 0.3) is 10.0 Å². The van der Waals surface area contributed by atoms with Crippen LogP contribution in [0.15, 0.2) is 88.7 Å². The van der Waals surface area contributed by atoms with Gasteiger partial charge >= 0.3 is 0 Å². The number of unbranched alkanes of at least 4 members (excludes halogenated alkanes) is 1. The Balaban J connectivity index is 1.28. The molecule has 0 spiro atoms. The molecule has 1 fully saturated rings. The van der Waals surface area contributed by atoms with Gasteiger partial charge < -0.3 is 10.1 Å². The van der Waals surface area contributed by atoms with E-state index >= 15 is 4.39 Å². The lowest BCUT2D eigenvalue weighted by Gasteiger charge is -2.22. The Labute approximate surface area is 284 Å². The SMILES string of the molecule is Cc1cccc(-c2ccc(Oc3cc(F)c(S(=O)(=O)Nc4cscn4)cc3Cl)c(-c3ccnc(CCCCC4CCNCC4)c3)c2)c1. The summed E-state index contributed by atoms with van der Waals surface area (Å²) in [6.07, 6.45) is 8.66. The van der Waals surface area contributed by atoms with Gasteiger partial charge in [-0.1, -0.05) is 60.3 Å². The molecule has 5 aromatic rings. The number of anilines is 1. The van der Waals surface area contributed by atoms with Crippen molar-refractivity contribution >= 4 is 38.8 Å². The maximum absolute atomic E-state index is 15.3. The predicted molar refractivity (Wildman–Crippen MR) is 187 cm³/mol. The Kier molecular flexibility index (Phi) is 10.5. The summed E-state index contributed by atoms with van der Waals surface area (Å²) in [4.78, 5) is 7.96. The second-order valence-electron chi connectivity index (χ2n) is 11.8. The molecular formula is C36H36ClFN4O3S2. The molecule has 0 amide bonds. The van der Waals surface area contributed by atoms with Crippen molar-refractivity contribution < 1.29 is 17.5 Å². The van der Waals surface area contributed by atoms with Crippen LogP contribution in [0.2, 0.25) is 5.02 Å². The quantitative estimate of drug-likeness (QED) is 0.127. The van der Waals surface area contributed by atoms with Crippen LogP contribution in [-0.4, -0.2) is 31.5 Å². The van der Waals surface area contributed by atoms with E-state index in [1.165, 1.54) is 47.9 Å². The lowest BCUT2D eigenvalue weighted by Crippen LogP contribution is -2.27. The van der Waals surface area contributed by atoms with Gasteiger partial charge in [-0.25, -0.2) is 17.8 Å². The number of nitrogens with one attached hydrogen (secondary N) is 2. The van der Waals surface area contributed by atoms with Gasteiger partial charge in [0.1, 0.15) is 22.2 Å². The molecule has 6 rings (SSSR count). The lowest BCUT2D eigenvalue weighted by atomic mass is 9.92. The van der Waals surface area contributed by atoms with Crippen molar-refractivity contribution in [2.24, 2.45) is 5.92 Å². The first-order chi connectivity index (χ1) is 22.7. The summed E-state index contributed by atoms with van der Waals surface area (Å²) in [6.45, 7) is 4.28. The number of ether oxygens (including phenoxy) is 1. The zero-order chi connectivity index (χ0) is 32.8. The number of pyridine rings is 1. The van der Waals surface area contributed by atoms with Crippen molar-refractivity contribution in [3.63, 3.8) is 0 Å². The van der Waals surface area contributed by atoms with Gasteiger partial charge in [-0.15, -0.1) is 11.3 Å². The number of rotatable bonds is 12. The minimum Gasteiger partial charge on any atom is -0.455 e. The molecule has 2 N–H and O–H groups in total. The molecule has 0 atom stereocenters. The number of nitrogens with zero attached hydrogens (tertiary/aromatic N) is 2. The fourth-order valence-electron chi connectivity index (χ4n) is 5.91.